The van der Waals surface area contributed by atoms with Gasteiger partial charge in [0, 0.05) is 27.4 Å². The second-order valence-corrected chi connectivity index (χ2v) is 7.42. The fraction of sp³-hybridized carbons (Fsp3) is 1.00. The summed E-state index contributed by atoms with van der Waals surface area (Å²) in [6.45, 7) is 7.59. The third-order valence-electron chi connectivity index (χ3n) is 2.66. The van der Waals surface area contributed by atoms with Crippen molar-refractivity contribution in [3.8, 4) is 0 Å². The zero-order chi connectivity index (χ0) is 11.9. The highest BCUT2D eigenvalue weighted by atomic mass is 28.4. The fourth-order valence-corrected chi connectivity index (χ4v) is 2.03. The summed E-state index contributed by atoms with van der Waals surface area (Å²) in [5, 5.41) is 0. The Morgan fingerprint density at radius 2 is 1.73 bits per heavy atom. The summed E-state index contributed by atoms with van der Waals surface area (Å²) >= 11 is 0. The summed E-state index contributed by atoms with van der Waals surface area (Å²) in [5.41, 5.74) is 5.84. The van der Waals surface area contributed by atoms with E-state index in [1.165, 1.54) is 0 Å². The van der Waals surface area contributed by atoms with Gasteiger partial charge < -0.3 is 19.0 Å². The van der Waals surface area contributed by atoms with Crippen LogP contribution < -0.4 is 5.73 Å². The van der Waals surface area contributed by atoms with Gasteiger partial charge in [-0.25, -0.2) is 0 Å². The van der Waals surface area contributed by atoms with Gasteiger partial charge in [0.15, 0.2) is 0 Å². The Labute approximate surface area is 94.5 Å². The number of hydrogen-bond acceptors (Lipinski definition) is 4. The molecular weight excluding hydrogens is 210 g/mol. The second-order valence-electron chi connectivity index (χ2n) is 4.59. The first-order valence-corrected chi connectivity index (χ1v) is 7.56. The lowest BCUT2D eigenvalue weighted by atomic mass is 9.88. The molecule has 0 saturated carbocycles. The van der Waals surface area contributed by atoms with Gasteiger partial charge in [-0.15, -0.1) is 0 Å². The largest absolute Gasteiger partial charge is 0.497 e. The average Bonchev–Trinajstić information content (AvgIpc) is 2.24. The molecule has 0 radical (unpaired) electrons. The molecule has 0 aromatic carbocycles. The lowest BCUT2D eigenvalue weighted by Crippen LogP contribution is -2.40. The van der Waals surface area contributed by atoms with Crippen LogP contribution in [0.1, 0.15) is 26.7 Å². The zero-order valence-electron chi connectivity index (χ0n) is 10.6. The molecule has 0 aromatic rings. The first kappa shape index (κ1) is 15.1. The molecule has 15 heavy (non-hydrogen) atoms. The Kier molecular flexibility index (Phi) is 6.62. The number of rotatable bonds is 8. The molecule has 2 N–H and O–H groups in total. The normalized spacial score (nSPS) is 13.2. The summed E-state index contributed by atoms with van der Waals surface area (Å²) in [7, 11) is 0.914. The summed E-state index contributed by atoms with van der Waals surface area (Å²) in [4.78, 5) is 0. The molecule has 0 bridgehead atoms. The van der Waals surface area contributed by atoms with Crippen molar-refractivity contribution in [3.05, 3.63) is 0 Å². The standard InChI is InChI=1S/C10H25NO3Si/c1-10(2,9-11)7-6-8-14-15(5,12-3)13-4/h6-9,11H2,1-5H3. The summed E-state index contributed by atoms with van der Waals surface area (Å²) in [6, 6.07) is 0. The summed E-state index contributed by atoms with van der Waals surface area (Å²) in [5.74, 6) is 0. The molecule has 0 heterocycles. The molecule has 0 aliphatic heterocycles. The van der Waals surface area contributed by atoms with E-state index in [9.17, 15) is 0 Å². The van der Waals surface area contributed by atoms with Crippen molar-refractivity contribution in [2.75, 3.05) is 27.4 Å². The van der Waals surface area contributed by atoms with E-state index in [4.69, 9.17) is 19.0 Å². The zero-order valence-corrected chi connectivity index (χ0v) is 11.6. The Morgan fingerprint density at radius 1 is 1.20 bits per heavy atom. The lowest BCUT2D eigenvalue weighted by Gasteiger charge is -2.25. The van der Waals surface area contributed by atoms with Gasteiger partial charge in [0.1, 0.15) is 0 Å². The Balaban J connectivity index is 3.71. The van der Waals surface area contributed by atoms with Crippen LogP contribution in [0.25, 0.3) is 0 Å². The van der Waals surface area contributed by atoms with Gasteiger partial charge in [0.2, 0.25) is 0 Å². The van der Waals surface area contributed by atoms with E-state index in [2.05, 4.69) is 13.8 Å². The molecule has 0 fully saturated rings. The van der Waals surface area contributed by atoms with Gasteiger partial charge in [-0.3, -0.25) is 0 Å². The maximum Gasteiger partial charge on any atom is 0.497 e. The lowest BCUT2D eigenvalue weighted by molar-refractivity contribution is 0.100. The third-order valence-corrected chi connectivity index (χ3v) is 4.87. The van der Waals surface area contributed by atoms with Crippen molar-refractivity contribution in [2.24, 2.45) is 11.1 Å². The molecule has 0 spiro atoms. The van der Waals surface area contributed by atoms with Crippen LogP contribution in [0.3, 0.4) is 0 Å². The topological polar surface area (TPSA) is 53.7 Å². The van der Waals surface area contributed by atoms with E-state index in [1.54, 1.807) is 14.2 Å². The summed E-state index contributed by atoms with van der Waals surface area (Å²) < 4.78 is 16.1. The van der Waals surface area contributed by atoms with Crippen molar-refractivity contribution in [1.82, 2.24) is 0 Å². The van der Waals surface area contributed by atoms with E-state index < -0.39 is 8.80 Å². The van der Waals surface area contributed by atoms with Gasteiger partial charge >= 0.3 is 8.80 Å². The van der Waals surface area contributed by atoms with E-state index in [0.29, 0.717) is 13.2 Å². The van der Waals surface area contributed by atoms with Crippen molar-refractivity contribution >= 4 is 8.80 Å². The van der Waals surface area contributed by atoms with E-state index in [1.807, 2.05) is 6.55 Å². The van der Waals surface area contributed by atoms with Crippen LogP contribution in [0.4, 0.5) is 0 Å². The van der Waals surface area contributed by atoms with Crippen LogP contribution in [0.15, 0.2) is 0 Å². The number of nitrogens with two attached hydrogens (primary N) is 1. The highest BCUT2D eigenvalue weighted by Gasteiger charge is 2.31. The molecule has 4 nitrogen and oxygen atoms in total. The highest BCUT2D eigenvalue weighted by Crippen LogP contribution is 2.20. The molecule has 0 aliphatic carbocycles. The fourth-order valence-electron chi connectivity index (χ4n) is 1.11. The van der Waals surface area contributed by atoms with Crippen LogP contribution >= 0.6 is 0 Å². The van der Waals surface area contributed by atoms with E-state index >= 15 is 0 Å². The second kappa shape index (κ2) is 6.60. The van der Waals surface area contributed by atoms with Crippen LogP contribution in [0.5, 0.6) is 0 Å². The average molecular weight is 235 g/mol. The molecule has 0 unspecified atom stereocenters. The van der Waals surface area contributed by atoms with Gasteiger partial charge in [-0.2, -0.15) is 0 Å². The third kappa shape index (κ3) is 6.27. The Hall–Kier alpha value is 0.0569. The van der Waals surface area contributed by atoms with E-state index in [-0.39, 0.29) is 5.41 Å². The van der Waals surface area contributed by atoms with E-state index in [0.717, 1.165) is 12.8 Å². The Bertz CT molecular complexity index is 172. The van der Waals surface area contributed by atoms with Gasteiger partial charge in [0.05, 0.1) is 0 Å². The van der Waals surface area contributed by atoms with Gasteiger partial charge in [0.25, 0.3) is 0 Å². The van der Waals surface area contributed by atoms with Crippen LogP contribution in [-0.4, -0.2) is 36.2 Å². The molecule has 92 valence electrons. The monoisotopic (exact) mass is 235 g/mol. The smallest absolute Gasteiger partial charge is 0.377 e. The Morgan fingerprint density at radius 3 is 2.13 bits per heavy atom. The molecule has 0 aromatic heterocycles. The highest BCUT2D eigenvalue weighted by molar-refractivity contribution is 6.59. The minimum atomic E-state index is -2.34. The van der Waals surface area contributed by atoms with Gasteiger partial charge in [-0.05, 0) is 24.8 Å². The molecule has 0 atom stereocenters. The molecule has 0 aliphatic rings. The minimum absolute atomic E-state index is 0.196. The molecule has 0 saturated heterocycles. The molecule has 5 heteroatoms. The molecule has 0 rings (SSSR count). The number of hydrogen-bond donors (Lipinski definition) is 1. The SMILES string of the molecule is CO[Si](C)(OC)OCCCC(C)(C)CN. The summed E-state index contributed by atoms with van der Waals surface area (Å²) in [6.07, 6.45) is 2.04. The minimum Gasteiger partial charge on any atom is -0.377 e. The van der Waals surface area contributed by atoms with Crippen molar-refractivity contribution < 1.29 is 13.3 Å². The molecular formula is C10H25NO3Si. The van der Waals surface area contributed by atoms with Crippen LogP contribution in [0.2, 0.25) is 6.55 Å². The molecule has 0 amide bonds. The predicted molar refractivity (Wildman–Crippen MR) is 63.7 cm³/mol. The first-order valence-electron chi connectivity index (χ1n) is 5.33. The quantitative estimate of drug-likeness (QED) is 0.513. The maximum atomic E-state index is 5.65. The van der Waals surface area contributed by atoms with Gasteiger partial charge in [-0.1, -0.05) is 13.8 Å². The van der Waals surface area contributed by atoms with Crippen molar-refractivity contribution in [2.45, 2.75) is 33.2 Å². The first-order chi connectivity index (χ1) is 6.89. The van der Waals surface area contributed by atoms with Crippen molar-refractivity contribution in [1.29, 1.82) is 0 Å². The van der Waals surface area contributed by atoms with Crippen molar-refractivity contribution in [3.63, 3.8) is 0 Å². The van der Waals surface area contributed by atoms with Crippen LogP contribution in [0, 0.1) is 5.41 Å². The van der Waals surface area contributed by atoms with Crippen LogP contribution in [-0.2, 0) is 13.3 Å². The maximum absolute atomic E-state index is 5.65. The predicted octanol–water partition coefficient (Wildman–Crippen LogP) is 1.63.